The molecule has 2 rings (SSSR count). The van der Waals surface area contributed by atoms with Crippen LogP contribution in [0.3, 0.4) is 0 Å². The minimum absolute atomic E-state index is 0.0467. The number of fused-ring (bicyclic) bond motifs is 1. The number of hydrogen-bond acceptors (Lipinski definition) is 6. The van der Waals surface area contributed by atoms with Crippen LogP contribution in [0.5, 0.6) is 0 Å². The lowest BCUT2D eigenvalue weighted by Crippen LogP contribution is -2.35. The second-order valence-corrected chi connectivity index (χ2v) is 6.20. The maximum Gasteiger partial charge on any atom is 0.491 e. The molecule has 0 saturated heterocycles. The van der Waals surface area contributed by atoms with Crippen molar-refractivity contribution >= 4 is 24.5 Å². The van der Waals surface area contributed by atoms with Crippen molar-refractivity contribution in [2.75, 3.05) is 26.2 Å². The SMILES string of the molecule is CC(C)COC(=O)CNCCNC(=O)c1cc2c(cc1F)B(O)OC2. The molecule has 25 heavy (non-hydrogen) atoms. The number of rotatable bonds is 8. The number of nitrogens with one attached hydrogen (secondary N) is 2. The van der Waals surface area contributed by atoms with E-state index in [1.165, 1.54) is 6.07 Å². The quantitative estimate of drug-likeness (QED) is 0.334. The van der Waals surface area contributed by atoms with Gasteiger partial charge in [0.25, 0.3) is 5.91 Å². The van der Waals surface area contributed by atoms with E-state index in [0.29, 0.717) is 24.2 Å². The third kappa shape index (κ3) is 5.52. The second-order valence-electron chi connectivity index (χ2n) is 6.20. The summed E-state index contributed by atoms with van der Waals surface area (Å²) in [6, 6.07) is 2.50. The maximum absolute atomic E-state index is 14.0. The first kappa shape index (κ1) is 19.4. The van der Waals surface area contributed by atoms with Gasteiger partial charge in [0.1, 0.15) is 5.82 Å². The number of carbonyl (C=O) groups is 2. The first-order valence-electron chi connectivity index (χ1n) is 8.15. The molecule has 7 nitrogen and oxygen atoms in total. The van der Waals surface area contributed by atoms with Gasteiger partial charge in [-0.1, -0.05) is 13.8 Å². The average molecular weight is 352 g/mol. The zero-order chi connectivity index (χ0) is 18.4. The van der Waals surface area contributed by atoms with Crippen LogP contribution < -0.4 is 16.1 Å². The summed E-state index contributed by atoms with van der Waals surface area (Å²) in [5.41, 5.74) is 0.827. The fraction of sp³-hybridized carbons (Fsp3) is 0.500. The van der Waals surface area contributed by atoms with Gasteiger partial charge in [-0.3, -0.25) is 9.59 Å². The molecule has 0 radical (unpaired) electrons. The number of halogens is 1. The Hall–Kier alpha value is -1.97. The molecular formula is C16H22BFN2O5. The summed E-state index contributed by atoms with van der Waals surface area (Å²) in [6.07, 6.45) is 0. The summed E-state index contributed by atoms with van der Waals surface area (Å²) in [6.45, 7) is 5.01. The highest BCUT2D eigenvalue weighted by atomic mass is 19.1. The Kier molecular flexibility index (Phi) is 6.92. The first-order chi connectivity index (χ1) is 11.9. The summed E-state index contributed by atoms with van der Waals surface area (Å²) >= 11 is 0. The average Bonchev–Trinajstić information content (AvgIpc) is 2.92. The van der Waals surface area contributed by atoms with Crippen molar-refractivity contribution in [2.45, 2.75) is 20.5 Å². The standard InChI is InChI=1S/C16H22BFN2O5/c1-10(2)8-24-15(21)7-19-3-4-20-16(22)12-5-11-9-25-17(23)13(11)6-14(12)18/h5-6,10,19,23H,3-4,7-9H2,1-2H3,(H,20,22). The van der Waals surface area contributed by atoms with Crippen molar-refractivity contribution in [3.05, 3.63) is 29.1 Å². The predicted octanol–water partition coefficient (Wildman–Crippen LogP) is -0.438. The Morgan fingerprint density at radius 2 is 2.16 bits per heavy atom. The van der Waals surface area contributed by atoms with Gasteiger partial charge >= 0.3 is 13.1 Å². The van der Waals surface area contributed by atoms with Crippen LogP contribution in [0.1, 0.15) is 29.8 Å². The predicted molar refractivity (Wildman–Crippen MR) is 89.8 cm³/mol. The third-order valence-corrected chi connectivity index (χ3v) is 3.57. The molecule has 3 N–H and O–H groups in total. The molecule has 136 valence electrons. The van der Waals surface area contributed by atoms with Gasteiger partial charge in [0.15, 0.2) is 0 Å². The van der Waals surface area contributed by atoms with Gasteiger partial charge in [0, 0.05) is 13.1 Å². The Morgan fingerprint density at radius 3 is 2.88 bits per heavy atom. The van der Waals surface area contributed by atoms with E-state index in [9.17, 15) is 19.0 Å². The van der Waals surface area contributed by atoms with Crippen molar-refractivity contribution in [3.8, 4) is 0 Å². The van der Waals surface area contributed by atoms with E-state index in [-0.39, 0.29) is 37.1 Å². The van der Waals surface area contributed by atoms with Gasteiger partial charge in [-0.15, -0.1) is 0 Å². The first-order valence-corrected chi connectivity index (χ1v) is 8.15. The molecule has 0 aromatic heterocycles. The molecule has 0 aliphatic carbocycles. The van der Waals surface area contributed by atoms with E-state index < -0.39 is 18.8 Å². The molecule has 0 atom stereocenters. The molecule has 1 heterocycles. The fourth-order valence-corrected chi connectivity index (χ4v) is 2.28. The summed E-state index contributed by atoms with van der Waals surface area (Å²) in [5, 5.41) is 14.9. The van der Waals surface area contributed by atoms with Crippen LogP contribution in [-0.2, 0) is 20.8 Å². The lowest BCUT2D eigenvalue weighted by atomic mass is 9.79. The Labute approximate surface area is 146 Å². The van der Waals surface area contributed by atoms with Crippen LogP contribution in [0.15, 0.2) is 12.1 Å². The number of benzene rings is 1. The Balaban J connectivity index is 1.73. The van der Waals surface area contributed by atoms with Crippen molar-refractivity contribution in [2.24, 2.45) is 5.92 Å². The molecule has 9 heteroatoms. The lowest BCUT2D eigenvalue weighted by molar-refractivity contribution is -0.143. The second kappa shape index (κ2) is 8.93. The zero-order valence-electron chi connectivity index (χ0n) is 14.3. The van der Waals surface area contributed by atoms with Crippen molar-refractivity contribution in [1.29, 1.82) is 0 Å². The molecule has 0 saturated carbocycles. The van der Waals surface area contributed by atoms with Gasteiger partial charge in [-0.2, -0.15) is 0 Å². The smallest absolute Gasteiger partial charge is 0.464 e. The van der Waals surface area contributed by atoms with E-state index in [1.54, 1.807) is 0 Å². The van der Waals surface area contributed by atoms with E-state index in [2.05, 4.69) is 10.6 Å². The molecule has 1 aliphatic rings. The van der Waals surface area contributed by atoms with Gasteiger partial charge in [-0.05, 0) is 29.1 Å². The van der Waals surface area contributed by atoms with Crippen LogP contribution in [0.25, 0.3) is 0 Å². The number of esters is 1. The molecule has 1 aromatic rings. The van der Waals surface area contributed by atoms with Gasteiger partial charge in [-0.25, -0.2) is 4.39 Å². The van der Waals surface area contributed by atoms with Gasteiger partial charge in [0.2, 0.25) is 0 Å². The molecule has 0 unspecified atom stereocenters. The molecule has 1 aliphatic heterocycles. The van der Waals surface area contributed by atoms with Gasteiger partial charge < -0.3 is 25.0 Å². The van der Waals surface area contributed by atoms with Crippen molar-refractivity contribution in [1.82, 2.24) is 10.6 Å². The number of amides is 1. The fourth-order valence-electron chi connectivity index (χ4n) is 2.28. The molecule has 1 aromatic carbocycles. The van der Waals surface area contributed by atoms with Crippen LogP contribution in [0.2, 0.25) is 0 Å². The highest BCUT2D eigenvalue weighted by Crippen LogP contribution is 2.15. The summed E-state index contributed by atoms with van der Waals surface area (Å²) < 4.78 is 24.0. The van der Waals surface area contributed by atoms with E-state index in [4.69, 9.17) is 9.39 Å². The number of ether oxygens (including phenoxy) is 1. The minimum atomic E-state index is -1.15. The van der Waals surface area contributed by atoms with Crippen molar-refractivity contribution < 1.29 is 28.4 Å². The monoisotopic (exact) mass is 352 g/mol. The highest BCUT2D eigenvalue weighted by molar-refractivity contribution is 6.61. The molecule has 0 spiro atoms. The molecule has 0 fully saturated rings. The zero-order valence-corrected chi connectivity index (χ0v) is 14.3. The molecular weight excluding hydrogens is 330 g/mol. The maximum atomic E-state index is 14.0. The van der Waals surface area contributed by atoms with Crippen LogP contribution >= 0.6 is 0 Å². The molecule has 1 amide bonds. The van der Waals surface area contributed by atoms with Crippen LogP contribution in [-0.4, -0.2) is 50.3 Å². The molecule has 0 bridgehead atoms. The van der Waals surface area contributed by atoms with Crippen LogP contribution in [0, 0.1) is 11.7 Å². The highest BCUT2D eigenvalue weighted by Gasteiger charge is 2.29. The largest absolute Gasteiger partial charge is 0.491 e. The van der Waals surface area contributed by atoms with Crippen molar-refractivity contribution in [3.63, 3.8) is 0 Å². The summed E-state index contributed by atoms with van der Waals surface area (Å²) in [4.78, 5) is 23.4. The van der Waals surface area contributed by atoms with E-state index in [1.807, 2.05) is 13.8 Å². The number of carbonyl (C=O) groups excluding carboxylic acids is 2. The normalized spacial score (nSPS) is 13.1. The third-order valence-electron chi connectivity index (χ3n) is 3.57. The van der Waals surface area contributed by atoms with E-state index in [0.717, 1.165) is 6.07 Å². The van der Waals surface area contributed by atoms with Crippen LogP contribution in [0.4, 0.5) is 4.39 Å². The van der Waals surface area contributed by atoms with E-state index >= 15 is 0 Å². The summed E-state index contributed by atoms with van der Waals surface area (Å²) in [5.74, 6) is -1.36. The Morgan fingerprint density at radius 1 is 1.40 bits per heavy atom. The topological polar surface area (TPSA) is 96.9 Å². The number of hydrogen-bond donors (Lipinski definition) is 3. The van der Waals surface area contributed by atoms with Gasteiger partial charge in [0.05, 0.1) is 25.3 Å². The Bertz CT molecular complexity index is 641. The minimum Gasteiger partial charge on any atom is -0.464 e. The summed E-state index contributed by atoms with van der Waals surface area (Å²) in [7, 11) is -1.15. The lowest BCUT2D eigenvalue weighted by Gasteiger charge is -2.10.